The van der Waals surface area contributed by atoms with Crippen molar-refractivity contribution in [3.8, 4) is 5.75 Å². The van der Waals surface area contributed by atoms with Crippen molar-refractivity contribution < 1.29 is 9.68 Å². The van der Waals surface area contributed by atoms with Crippen molar-refractivity contribution >= 4 is 23.7 Å². The molecule has 2 aromatic heterocycles. The fourth-order valence-corrected chi connectivity index (χ4v) is 1.95. The summed E-state index contributed by atoms with van der Waals surface area (Å²) in [5, 5.41) is 10.4. The minimum Gasteiger partial charge on any atom is -0.531 e. The molecule has 0 amide bonds. The molecule has 0 atom stereocenters. The fourth-order valence-electron chi connectivity index (χ4n) is 1.95. The number of H-pyrrole nitrogens is 1. The van der Waals surface area contributed by atoms with Gasteiger partial charge in [0.15, 0.2) is 0 Å². The van der Waals surface area contributed by atoms with Crippen LogP contribution >= 0.6 is 0 Å². The predicted octanol–water partition coefficient (Wildman–Crippen LogP) is 1.38. The summed E-state index contributed by atoms with van der Waals surface area (Å²) in [6, 6.07) is 1.96. The van der Waals surface area contributed by atoms with Crippen molar-refractivity contribution in [3.63, 3.8) is 0 Å². The van der Waals surface area contributed by atoms with Gasteiger partial charge in [0.25, 0.3) is 0 Å². The molecule has 2 N–H and O–H groups in total. The lowest BCUT2D eigenvalue weighted by atomic mass is 9.82. The van der Waals surface area contributed by atoms with Gasteiger partial charge >= 0.3 is 7.12 Å². The molecule has 0 spiro atoms. The lowest BCUT2D eigenvalue weighted by molar-refractivity contribution is 0.427. The van der Waals surface area contributed by atoms with Gasteiger partial charge in [-0.1, -0.05) is 0 Å². The summed E-state index contributed by atoms with van der Waals surface area (Å²) < 4.78 is 5.28. The number of aromatic nitrogens is 2. The van der Waals surface area contributed by atoms with Gasteiger partial charge in [-0.3, -0.25) is 0 Å². The van der Waals surface area contributed by atoms with E-state index in [0.717, 1.165) is 22.2 Å². The average molecular weight is 200 g/mol. The van der Waals surface area contributed by atoms with E-state index in [1.54, 1.807) is 12.2 Å². The quantitative estimate of drug-likeness (QED) is 0.631. The van der Waals surface area contributed by atoms with Crippen molar-refractivity contribution in [2.75, 3.05) is 0 Å². The predicted molar refractivity (Wildman–Crippen MR) is 58.3 cm³/mol. The molecule has 0 saturated heterocycles. The maximum absolute atomic E-state index is 9.41. The molecular formula is C10H9BN2O2. The summed E-state index contributed by atoms with van der Waals surface area (Å²) in [6.07, 6.45) is 3.48. The summed E-state index contributed by atoms with van der Waals surface area (Å²) in [7, 11) is -0.865. The largest absolute Gasteiger partial charge is 0.552 e. The zero-order valence-electron chi connectivity index (χ0n) is 8.19. The number of allylic oxidation sites excluding steroid dienone is 1. The van der Waals surface area contributed by atoms with Crippen molar-refractivity contribution in [2.45, 2.75) is 6.92 Å². The highest BCUT2D eigenvalue weighted by atomic mass is 16.5. The third-order valence-corrected chi connectivity index (χ3v) is 2.59. The number of pyridine rings is 1. The highest BCUT2D eigenvalue weighted by Crippen LogP contribution is 2.34. The maximum Gasteiger partial charge on any atom is 0.552 e. The van der Waals surface area contributed by atoms with Crippen LogP contribution < -0.4 is 4.65 Å². The van der Waals surface area contributed by atoms with E-state index in [1.807, 2.05) is 19.2 Å². The molecule has 1 aliphatic heterocycles. The molecule has 0 bridgehead atoms. The molecule has 0 aliphatic carbocycles. The first-order valence-corrected chi connectivity index (χ1v) is 4.75. The number of nitrogens with one attached hydrogen (secondary N) is 1. The third kappa shape index (κ3) is 1.17. The SMILES string of the molecule is CC1=CB(O)Oc2cnc3[nH]ccc3c21. The van der Waals surface area contributed by atoms with Crippen LogP contribution in [-0.4, -0.2) is 22.1 Å². The number of nitrogens with zero attached hydrogens (tertiary/aromatic N) is 1. The highest BCUT2D eigenvalue weighted by molar-refractivity contribution is 6.52. The van der Waals surface area contributed by atoms with Crippen LogP contribution in [0.15, 0.2) is 24.4 Å². The Kier molecular flexibility index (Phi) is 1.64. The molecule has 3 heterocycles. The van der Waals surface area contributed by atoms with Crippen LogP contribution in [0, 0.1) is 0 Å². The molecule has 0 radical (unpaired) electrons. The smallest absolute Gasteiger partial charge is 0.531 e. The van der Waals surface area contributed by atoms with E-state index < -0.39 is 7.12 Å². The second kappa shape index (κ2) is 2.87. The molecule has 3 rings (SSSR count). The Morgan fingerprint density at radius 3 is 3.27 bits per heavy atom. The van der Waals surface area contributed by atoms with Gasteiger partial charge in [0.05, 0.1) is 6.20 Å². The summed E-state index contributed by atoms with van der Waals surface area (Å²) in [4.78, 5) is 7.25. The summed E-state index contributed by atoms with van der Waals surface area (Å²) in [6.45, 7) is 1.96. The van der Waals surface area contributed by atoms with Crippen molar-refractivity contribution in [1.29, 1.82) is 0 Å². The Balaban J connectivity index is 2.36. The zero-order valence-corrected chi connectivity index (χ0v) is 8.19. The van der Waals surface area contributed by atoms with E-state index >= 15 is 0 Å². The lowest BCUT2D eigenvalue weighted by Crippen LogP contribution is -2.23. The Hall–Kier alpha value is -1.75. The molecular weight excluding hydrogens is 191 g/mol. The monoisotopic (exact) mass is 200 g/mol. The van der Waals surface area contributed by atoms with E-state index in [9.17, 15) is 5.02 Å². The highest BCUT2D eigenvalue weighted by Gasteiger charge is 2.23. The van der Waals surface area contributed by atoms with E-state index in [0.29, 0.717) is 5.75 Å². The van der Waals surface area contributed by atoms with Crippen molar-refractivity contribution in [2.24, 2.45) is 0 Å². The van der Waals surface area contributed by atoms with E-state index in [4.69, 9.17) is 4.65 Å². The summed E-state index contributed by atoms with van der Waals surface area (Å²) in [5.74, 6) is 2.32. The molecule has 74 valence electrons. The maximum atomic E-state index is 9.41. The standard InChI is InChI=1S/C10H9BN2O2/c1-6-4-11(14)15-8-5-13-10-7(9(6)8)2-3-12-10/h2-5,14H,1H3,(H,12,13). The molecule has 5 heteroatoms. The molecule has 0 saturated carbocycles. The normalized spacial score (nSPS) is 14.8. The summed E-state index contributed by atoms with van der Waals surface area (Å²) in [5.41, 5.74) is 2.85. The minimum atomic E-state index is -0.865. The number of hydrogen-bond acceptors (Lipinski definition) is 3. The molecule has 0 unspecified atom stereocenters. The Morgan fingerprint density at radius 2 is 2.40 bits per heavy atom. The Bertz CT molecular complexity index is 562. The van der Waals surface area contributed by atoms with Crippen LogP contribution in [-0.2, 0) is 0 Å². The molecule has 1 aliphatic rings. The van der Waals surface area contributed by atoms with E-state index in [-0.39, 0.29) is 0 Å². The molecule has 4 nitrogen and oxygen atoms in total. The van der Waals surface area contributed by atoms with Crippen LogP contribution in [0.25, 0.3) is 16.6 Å². The van der Waals surface area contributed by atoms with Gasteiger partial charge in [-0.15, -0.1) is 0 Å². The van der Waals surface area contributed by atoms with Crippen LogP contribution in [0.4, 0.5) is 0 Å². The first-order chi connectivity index (χ1) is 7.25. The van der Waals surface area contributed by atoms with E-state index in [1.165, 1.54) is 0 Å². The first kappa shape index (κ1) is 8.55. The first-order valence-electron chi connectivity index (χ1n) is 4.75. The Morgan fingerprint density at radius 1 is 1.53 bits per heavy atom. The second-order valence-electron chi connectivity index (χ2n) is 3.60. The minimum absolute atomic E-state index is 0.634. The van der Waals surface area contributed by atoms with Crippen molar-refractivity contribution in [1.82, 2.24) is 9.97 Å². The van der Waals surface area contributed by atoms with Gasteiger partial charge < -0.3 is 14.7 Å². The molecule has 2 aromatic rings. The number of fused-ring (bicyclic) bond motifs is 3. The molecule has 0 aromatic carbocycles. The van der Waals surface area contributed by atoms with E-state index in [2.05, 4.69) is 9.97 Å². The van der Waals surface area contributed by atoms with Gasteiger partial charge in [-0.05, 0) is 24.5 Å². The summed E-state index contributed by atoms with van der Waals surface area (Å²) >= 11 is 0. The average Bonchev–Trinajstić information content (AvgIpc) is 2.63. The number of aromatic amines is 1. The lowest BCUT2D eigenvalue weighted by Gasteiger charge is -2.18. The second-order valence-corrected chi connectivity index (χ2v) is 3.60. The van der Waals surface area contributed by atoms with Crippen LogP contribution in [0.1, 0.15) is 12.5 Å². The topological polar surface area (TPSA) is 58.1 Å². The van der Waals surface area contributed by atoms with Gasteiger partial charge in [0.2, 0.25) is 0 Å². The van der Waals surface area contributed by atoms with Gasteiger partial charge in [-0.25, -0.2) is 4.98 Å². The van der Waals surface area contributed by atoms with Gasteiger partial charge in [-0.2, -0.15) is 0 Å². The van der Waals surface area contributed by atoms with Crippen molar-refractivity contribution in [3.05, 3.63) is 30.0 Å². The van der Waals surface area contributed by atoms with Crippen LogP contribution in [0.2, 0.25) is 0 Å². The van der Waals surface area contributed by atoms with Gasteiger partial charge in [0, 0.05) is 17.1 Å². The number of hydrogen-bond donors (Lipinski definition) is 2. The van der Waals surface area contributed by atoms with Gasteiger partial charge in [0.1, 0.15) is 11.4 Å². The number of rotatable bonds is 0. The fraction of sp³-hybridized carbons (Fsp3) is 0.100. The van der Waals surface area contributed by atoms with Crippen LogP contribution in [0.3, 0.4) is 0 Å². The molecule has 15 heavy (non-hydrogen) atoms. The third-order valence-electron chi connectivity index (χ3n) is 2.59. The Labute approximate surface area is 86.7 Å². The zero-order chi connectivity index (χ0) is 10.4. The van der Waals surface area contributed by atoms with Crippen LogP contribution in [0.5, 0.6) is 5.75 Å². The molecule has 0 fully saturated rings.